The van der Waals surface area contributed by atoms with Gasteiger partial charge in [0.2, 0.25) is 0 Å². The van der Waals surface area contributed by atoms with Crippen LogP contribution in [0, 0.1) is 0 Å². The van der Waals surface area contributed by atoms with Crippen LogP contribution in [0.15, 0.2) is 12.1 Å². The van der Waals surface area contributed by atoms with Crippen molar-refractivity contribution in [2.24, 2.45) is 0 Å². The van der Waals surface area contributed by atoms with Crippen LogP contribution in [0.1, 0.15) is 44.3 Å². The smallest absolute Gasteiger partial charge is 0.339 e. The van der Waals surface area contributed by atoms with Gasteiger partial charge < -0.3 is 19.3 Å². The molecule has 6 heteroatoms. The molecule has 0 aliphatic heterocycles. The molecule has 22 heavy (non-hydrogen) atoms. The van der Waals surface area contributed by atoms with Crippen molar-refractivity contribution in [1.29, 1.82) is 0 Å². The fraction of sp³-hybridized carbons (Fsp3) is 0.562. The normalized spacial score (nSPS) is 16.4. The molecular formula is C16H21ClO5. The maximum absolute atomic E-state index is 11.6. The summed E-state index contributed by atoms with van der Waals surface area (Å²) in [4.78, 5) is 11.6. The Morgan fingerprint density at radius 1 is 1.41 bits per heavy atom. The Bertz CT molecular complexity index is 526. The van der Waals surface area contributed by atoms with Crippen LogP contribution >= 0.6 is 11.6 Å². The molecule has 0 bridgehead atoms. The number of hydrogen-bond acceptors (Lipinski definition) is 5. The molecule has 1 unspecified atom stereocenters. The van der Waals surface area contributed by atoms with Gasteiger partial charge in [-0.1, -0.05) is 11.6 Å². The van der Waals surface area contributed by atoms with Gasteiger partial charge in [-0.3, -0.25) is 0 Å². The predicted octanol–water partition coefficient (Wildman–Crippen LogP) is 3.27. The van der Waals surface area contributed by atoms with Gasteiger partial charge in [-0.25, -0.2) is 4.79 Å². The first-order valence-corrected chi connectivity index (χ1v) is 7.83. The zero-order valence-corrected chi connectivity index (χ0v) is 13.6. The minimum atomic E-state index is -1.40. The lowest BCUT2D eigenvalue weighted by molar-refractivity contribution is -0.153. The number of ether oxygens (including phenoxy) is 3. The van der Waals surface area contributed by atoms with Crippen molar-refractivity contribution in [3.05, 3.63) is 22.7 Å². The van der Waals surface area contributed by atoms with Crippen LogP contribution in [-0.4, -0.2) is 30.9 Å². The average Bonchev–Trinajstić information content (AvgIpc) is 3.01. The van der Waals surface area contributed by atoms with E-state index < -0.39 is 12.1 Å². The molecule has 1 aromatic rings. The van der Waals surface area contributed by atoms with E-state index in [1.54, 1.807) is 13.0 Å². The molecule has 1 saturated carbocycles. The number of carbonyl (C=O) groups is 1. The van der Waals surface area contributed by atoms with Crippen LogP contribution in [-0.2, 0) is 9.53 Å². The van der Waals surface area contributed by atoms with Crippen LogP contribution in [0.5, 0.6) is 11.5 Å². The maximum atomic E-state index is 11.6. The Balaban J connectivity index is 2.24. The molecule has 0 heterocycles. The Morgan fingerprint density at radius 2 is 2.09 bits per heavy atom. The summed E-state index contributed by atoms with van der Waals surface area (Å²) in [5.41, 5.74) is 0.319. The summed E-state index contributed by atoms with van der Waals surface area (Å²) in [5, 5.41) is 10.3. The van der Waals surface area contributed by atoms with E-state index in [2.05, 4.69) is 0 Å². The number of methoxy groups -OCH3 is 1. The Hall–Kier alpha value is -1.46. The van der Waals surface area contributed by atoms with Gasteiger partial charge in [0.15, 0.2) is 17.6 Å². The molecule has 0 amide bonds. The third kappa shape index (κ3) is 3.84. The predicted molar refractivity (Wildman–Crippen MR) is 82.5 cm³/mol. The highest BCUT2D eigenvalue weighted by Crippen LogP contribution is 2.40. The number of rotatable bonds is 6. The standard InChI is InChI=1S/C16H21ClO5/c1-3-21-16(19)14(18)10-8-12(17)15(13(9-10)20-2)22-11-6-4-5-7-11/h8-9,11,14,18H,3-7H2,1-2H3. The molecule has 5 nitrogen and oxygen atoms in total. The van der Waals surface area contributed by atoms with Crippen molar-refractivity contribution in [1.82, 2.24) is 0 Å². The molecule has 1 atom stereocenters. The van der Waals surface area contributed by atoms with E-state index in [1.165, 1.54) is 13.2 Å². The fourth-order valence-electron chi connectivity index (χ4n) is 2.54. The molecule has 1 aliphatic rings. The highest BCUT2D eigenvalue weighted by Gasteiger charge is 2.25. The average molecular weight is 329 g/mol. The number of halogens is 1. The summed E-state index contributed by atoms with van der Waals surface area (Å²) in [5.74, 6) is 0.138. The van der Waals surface area contributed by atoms with E-state index in [0.29, 0.717) is 22.1 Å². The van der Waals surface area contributed by atoms with Crippen molar-refractivity contribution in [2.45, 2.75) is 44.8 Å². The molecule has 122 valence electrons. The molecule has 0 aromatic heterocycles. The third-order valence-corrected chi connectivity index (χ3v) is 3.94. The molecule has 1 fully saturated rings. The fourth-order valence-corrected chi connectivity index (χ4v) is 2.81. The Kier molecular flexibility index (Phi) is 5.91. The third-order valence-electron chi connectivity index (χ3n) is 3.66. The minimum absolute atomic E-state index is 0.132. The quantitative estimate of drug-likeness (QED) is 0.812. The van der Waals surface area contributed by atoms with Crippen LogP contribution in [0.3, 0.4) is 0 Å². The maximum Gasteiger partial charge on any atom is 0.339 e. The molecule has 1 aliphatic carbocycles. The molecule has 2 rings (SSSR count). The summed E-state index contributed by atoms with van der Waals surface area (Å²) in [6, 6.07) is 3.06. The van der Waals surface area contributed by atoms with Crippen molar-refractivity contribution in [3.8, 4) is 11.5 Å². The van der Waals surface area contributed by atoms with E-state index in [4.69, 9.17) is 25.8 Å². The molecule has 0 spiro atoms. The number of carbonyl (C=O) groups excluding carboxylic acids is 1. The van der Waals surface area contributed by atoms with E-state index in [0.717, 1.165) is 25.7 Å². The second-order valence-electron chi connectivity index (χ2n) is 5.21. The minimum Gasteiger partial charge on any atom is -0.493 e. The molecule has 0 radical (unpaired) electrons. The number of esters is 1. The highest BCUT2D eigenvalue weighted by atomic mass is 35.5. The zero-order valence-electron chi connectivity index (χ0n) is 12.8. The first-order chi connectivity index (χ1) is 10.6. The van der Waals surface area contributed by atoms with Crippen LogP contribution in [0.25, 0.3) is 0 Å². The van der Waals surface area contributed by atoms with Gasteiger partial charge in [0.05, 0.1) is 24.8 Å². The number of aliphatic hydroxyl groups is 1. The summed E-state index contributed by atoms with van der Waals surface area (Å²) in [6.45, 7) is 1.88. The first-order valence-electron chi connectivity index (χ1n) is 7.45. The largest absolute Gasteiger partial charge is 0.493 e. The summed E-state index contributed by atoms with van der Waals surface area (Å²) in [7, 11) is 1.49. The summed E-state index contributed by atoms with van der Waals surface area (Å²) < 4.78 is 16.0. The van der Waals surface area contributed by atoms with Gasteiger partial charge >= 0.3 is 5.97 Å². The van der Waals surface area contributed by atoms with Gasteiger partial charge in [-0.15, -0.1) is 0 Å². The first kappa shape index (κ1) is 16.9. The van der Waals surface area contributed by atoms with Crippen molar-refractivity contribution in [2.75, 3.05) is 13.7 Å². The van der Waals surface area contributed by atoms with Gasteiger partial charge in [0, 0.05) is 0 Å². The van der Waals surface area contributed by atoms with Crippen molar-refractivity contribution in [3.63, 3.8) is 0 Å². The van der Waals surface area contributed by atoms with E-state index in [1.807, 2.05) is 0 Å². The second kappa shape index (κ2) is 7.70. The lowest BCUT2D eigenvalue weighted by Crippen LogP contribution is -2.16. The summed E-state index contributed by atoms with van der Waals surface area (Å²) >= 11 is 6.25. The van der Waals surface area contributed by atoms with E-state index in [-0.39, 0.29) is 12.7 Å². The lowest BCUT2D eigenvalue weighted by Gasteiger charge is -2.19. The molecular weight excluding hydrogens is 308 g/mol. The zero-order chi connectivity index (χ0) is 16.1. The van der Waals surface area contributed by atoms with Crippen molar-refractivity contribution >= 4 is 17.6 Å². The van der Waals surface area contributed by atoms with E-state index >= 15 is 0 Å². The lowest BCUT2D eigenvalue weighted by atomic mass is 10.1. The SMILES string of the molecule is CCOC(=O)C(O)c1cc(Cl)c(OC2CCCC2)c(OC)c1. The van der Waals surface area contributed by atoms with Gasteiger partial charge in [-0.2, -0.15) is 0 Å². The van der Waals surface area contributed by atoms with Gasteiger partial charge in [0.25, 0.3) is 0 Å². The topological polar surface area (TPSA) is 65.0 Å². The van der Waals surface area contributed by atoms with Crippen LogP contribution < -0.4 is 9.47 Å². The number of benzene rings is 1. The molecule has 0 saturated heterocycles. The molecule has 1 aromatic carbocycles. The Labute approximate surface area is 135 Å². The Morgan fingerprint density at radius 3 is 2.68 bits per heavy atom. The summed E-state index contributed by atoms with van der Waals surface area (Å²) in [6.07, 6.45) is 3.01. The number of hydrogen-bond donors (Lipinski definition) is 1. The van der Waals surface area contributed by atoms with Crippen molar-refractivity contribution < 1.29 is 24.1 Å². The van der Waals surface area contributed by atoms with E-state index in [9.17, 15) is 9.90 Å². The van der Waals surface area contributed by atoms with Gasteiger partial charge in [-0.05, 0) is 50.3 Å². The van der Waals surface area contributed by atoms with Crippen LogP contribution in [0.2, 0.25) is 5.02 Å². The number of aliphatic hydroxyl groups excluding tert-OH is 1. The van der Waals surface area contributed by atoms with Gasteiger partial charge in [0.1, 0.15) is 0 Å². The molecule has 1 N–H and O–H groups in total. The van der Waals surface area contributed by atoms with Crippen LogP contribution in [0.4, 0.5) is 0 Å². The second-order valence-corrected chi connectivity index (χ2v) is 5.62. The highest BCUT2D eigenvalue weighted by molar-refractivity contribution is 6.32. The monoisotopic (exact) mass is 328 g/mol.